The smallest absolute Gasteiger partial charge is 0.273 e. The molecule has 0 aliphatic carbocycles. The number of fused-ring (bicyclic) bond motifs is 1. The van der Waals surface area contributed by atoms with Gasteiger partial charge in [-0.1, -0.05) is 17.4 Å². The number of hydrogen-bond acceptors (Lipinski definition) is 7. The number of carbonyl (C=O) groups is 2. The van der Waals surface area contributed by atoms with Crippen molar-refractivity contribution in [2.24, 2.45) is 5.10 Å². The molecular formula is C18H20N4O4S2. The van der Waals surface area contributed by atoms with Gasteiger partial charge >= 0.3 is 0 Å². The highest BCUT2D eigenvalue weighted by atomic mass is 32.2. The first kappa shape index (κ1) is 19.0. The Morgan fingerprint density at radius 1 is 1.29 bits per heavy atom. The number of hydrogen-bond donors (Lipinski definition) is 1. The predicted octanol–water partition coefficient (Wildman–Crippen LogP) is 2.02. The Balaban J connectivity index is 1.55. The van der Waals surface area contributed by atoms with Gasteiger partial charge in [0.1, 0.15) is 5.71 Å². The van der Waals surface area contributed by atoms with Gasteiger partial charge in [-0.15, -0.1) is 0 Å². The molecule has 2 amide bonds. The van der Waals surface area contributed by atoms with Gasteiger partial charge in [0.05, 0.1) is 27.8 Å². The number of nitrogens with one attached hydrogen (secondary N) is 1. The van der Waals surface area contributed by atoms with E-state index >= 15 is 0 Å². The van der Waals surface area contributed by atoms with E-state index in [-0.39, 0.29) is 36.0 Å². The first-order chi connectivity index (χ1) is 13.2. The molecule has 0 radical (unpaired) electrons. The van der Waals surface area contributed by atoms with Crippen molar-refractivity contribution in [3.05, 3.63) is 23.3 Å². The average molecular weight is 421 g/mol. The zero-order valence-electron chi connectivity index (χ0n) is 15.6. The van der Waals surface area contributed by atoms with Crippen LogP contribution in [0.15, 0.2) is 17.2 Å². The molecule has 4 rings (SSSR count). The van der Waals surface area contributed by atoms with Crippen molar-refractivity contribution >= 4 is 54.0 Å². The summed E-state index contributed by atoms with van der Waals surface area (Å²) in [5, 5.41) is 8.63. The molecule has 1 atom stereocenters. The number of hydrazone groups is 1. The fourth-order valence-corrected chi connectivity index (χ4v) is 6.31. The molecule has 1 aromatic carbocycles. The maximum absolute atomic E-state index is 12.7. The number of carbonyl (C=O) groups excluding carboxylic acids is 2. The first-order valence-electron chi connectivity index (χ1n) is 9.01. The molecule has 8 nitrogen and oxygen atoms in total. The van der Waals surface area contributed by atoms with Crippen LogP contribution in [0.3, 0.4) is 0 Å². The number of rotatable bonds is 3. The zero-order valence-corrected chi connectivity index (χ0v) is 17.2. The molecule has 1 aromatic heterocycles. The van der Waals surface area contributed by atoms with Gasteiger partial charge in [0.2, 0.25) is 5.91 Å². The summed E-state index contributed by atoms with van der Waals surface area (Å²) in [6.45, 7) is 3.99. The van der Waals surface area contributed by atoms with Crippen molar-refractivity contribution in [1.29, 1.82) is 0 Å². The number of aryl methyl sites for hydroxylation is 2. The fourth-order valence-electron chi connectivity index (χ4n) is 3.58. The van der Waals surface area contributed by atoms with E-state index in [4.69, 9.17) is 0 Å². The summed E-state index contributed by atoms with van der Waals surface area (Å²) in [7, 11) is -3.15. The second-order valence-electron chi connectivity index (χ2n) is 7.24. The number of benzene rings is 1. The normalized spacial score (nSPS) is 21.8. The molecule has 2 aromatic rings. The topological polar surface area (TPSA) is 109 Å². The molecule has 2 aliphatic rings. The molecule has 0 spiro atoms. The van der Waals surface area contributed by atoms with E-state index in [9.17, 15) is 18.0 Å². The van der Waals surface area contributed by atoms with E-state index in [0.29, 0.717) is 11.6 Å². The molecule has 10 heteroatoms. The molecule has 3 heterocycles. The molecule has 148 valence electrons. The minimum absolute atomic E-state index is 0.0446. The van der Waals surface area contributed by atoms with E-state index in [2.05, 4.69) is 15.4 Å². The lowest BCUT2D eigenvalue weighted by Gasteiger charge is -2.27. The highest BCUT2D eigenvalue weighted by Crippen LogP contribution is 2.29. The minimum atomic E-state index is -3.15. The summed E-state index contributed by atoms with van der Waals surface area (Å²) >= 11 is 1.39. The summed E-state index contributed by atoms with van der Waals surface area (Å²) in [5.74, 6) is -0.715. The number of aromatic nitrogens is 1. The molecule has 0 bridgehead atoms. The van der Waals surface area contributed by atoms with Gasteiger partial charge in [0, 0.05) is 12.8 Å². The maximum atomic E-state index is 12.7. The fraction of sp³-hybridized carbons (Fsp3) is 0.444. The van der Waals surface area contributed by atoms with Gasteiger partial charge in [-0.05, 0) is 37.5 Å². The molecule has 1 fully saturated rings. The van der Waals surface area contributed by atoms with Crippen LogP contribution in [0.2, 0.25) is 0 Å². The zero-order chi connectivity index (χ0) is 20.1. The van der Waals surface area contributed by atoms with E-state index in [1.165, 1.54) is 16.3 Å². The Bertz CT molecular complexity index is 1120. The monoisotopic (exact) mass is 420 g/mol. The maximum Gasteiger partial charge on any atom is 0.273 e. The third-order valence-corrected chi connectivity index (χ3v) is 7.59. The van der Waals surface area contributed by atoms with Crippen molar-refractivity contribution in [2.75, 3.05) is 16.8 Å². The standard InChI is InChI=1S/C18H20N4O4S2/c1-10-7-11(2)16-14(8-10)27-18(19-16)20-17(24)13-3-4-15(23)22(21-13)12-5-6-28(25,26)9-12/h7-8,12H,3-6,9H2,1-2H3,(H,19,20,24)/t12-/m0/s1. The van der Waals surface area contributed by atoms with Gasteiger partial charge in [-0.3, -0.25) is 14.9 Å². The third kappa shape index (κ3) is 3.66. The van der Waals surface area contributed by atoms with E-state index in [0.717, 1.165) is 21.3 Å². The van der Waals surface area contributed by atoms with Gasteiger partial charge in [0.15, 0.2) is 15.0 Å². The highest BCUT2D eigenvalue weighted by molar-refractivity contribution is 7.91. The second kappa shape index (κ2) is 6.93. The lowest BCUT2D eigenvalue weighted by Crippen LogP contribution is -2.42. The number of anilines is 1. The van der Waals surface area contributed by atoms with E-state index in [1.54, 1.807) is 0 Å². The van der Waals surface area contributed by atoms with Crippen LogP contribution < -0.4 is 5.32 Å². The summed E-state index contributed by atoms with van der Waals surface area (Å²) in [4.78, 5) is 29.3. The molecular weight excluding hydrogens is 400 g/mol. The summed E-state index contributed by atoms with van der Waals surface area (Å²) in [5.41, 5.74) is 3.24. The molecule has 1 N–H and O–H groups in total. The largest absolute Gasteiger partial charge is 0.297 e. The van der Waals surface area contributed by atoms with Crippen LogP contribution in [0.1, 0.15) is 30.4 Å². The van der Waals surface area contributed by atoms with Crippen molar-refractivity contribution in [3.8, 4) is 0 Å². The third-order valence-electron chi connectivity index (χ3n) is 4.93. The quantitative estimate of drug-likeness (QED) is 0.817. The van der Waals surface area contributed by atoms with Gasteiger partial charge in [0.25, 0.3) is 5.91 Å². The van der Waals surface area contributed by atoms with Crippen molar-refractivity contribution < 1.29 is 18.0 Å². The number of thiazole rings is 1. The van der Waals surface area contributed by atoms with Crippen LogP contribution in [0.25, 0.3) is 10.2 Å². The van der Waals surface area contributed by atoms with E-state index < -0.39 is 21.8 Å². The Morgan fingerprint density at radius 3 is 2.79 bits per heavy atom. The first-order valence-corrected chi connectivity index (χ1v) is 11.6. The average Bonchev–Trinajstić information content (AvgIpc) is 3.17. The molecule has 1 saturated heterocycles. The SMILES string of the molecule is Cc1cc(C)c2nc(NC(=O)C3=NN([C@H]4CCS(=O)(=O)C4)C(=O)CC3)sc2c1. The Morgan fingerprint density at radius 2 is 2.07 bits per heavy atom. The molecule has 28 heavy (non-hydrogen) atoms. The number of sulfone groups is 1. The lowest BCUT2D eigenvalue weighted by molar-refractivity contribution is -0.133. The van der Waals surface area contributed by atoms with Crippen LogP contribution in [0, 0.1) is 13.8 Å². The van der Waals surface area contributed by atoms with Crippen molar-refractivity contribution in [2.45, 2.75) is 39.2 Å². The van der Waals surface area contributed by atoms with Crippen LogP contribution in [-0.2, 0) is 19.4 Å². The second-order valence-corrected chi connectivity index (χ2v) is 10.5. The summed E-state index contributed by atoms with van der Waals surface area (Å²) < 4.78 is 24.4. The summed E-state index contributed by atoms with van der Waals surface area (Å²) in [6, 6.07) is 3.57. The molecule has 0 saturated carbocycles. The van der Waals surface area contributed by atoms with Gasteiger partial charge in [-0.25, -0.2) is 18.4 Å². The highest BCUT2D eigenvalue weighted by Gasteiger charge is 2.37. The Kier molecular flexibility index (Phi) is 4.70. The van der Waals surface area contributed by atoms with Crippen LogP contribution in [0.5, 0.6) is 0 Å². The lowest BCUT2D eigenvalue weighted by atomic mass is 10.1. The van der Waals surface area contributed by atoms with Gasteiger partial charge in [-0.2, -0.15) is 5.10 Å². The van der Waals surface area contributed by atoms with Crippen LogP contribution in [-0.4, -0.2) is 53.5 Å². The number of nitrogens with zero attached hydrogens (tertiary/aromatic N) is 3. The van der Waals surface area contributed by atoms with Gasteiger partial charge < -0.3 is 0 Å². The predicted molar refractivity (Wildman–Crippen MR) is 108 cm³/mol. The van der Waals surface area contributed by atoms with E-state index in [1.807, 2.05) is 26.0 Å². The molecule has 0 unspecified atom stereocenters. The minimum Gasteiger partial charge on any atom is -0.297 e. The van der Waals surface area contributed by atoms with Crippen LogP contribution in [0.4, 0.5) is 5.13 Å². The summed E-state index contributed by atoms with van der Waals surface area (Å²) in [6.07, 6.45) is 0.716. The Hall–Kier alpha value is -2.33. The van der Waals surface area contributed by atoms with Crippen LogP contribution >= 0.6 is 11.3 Å². The number of amides is 2. The Labute approximate surface area is 166 Å². The molecule has 2 aliphatic heterocycles. The van der Waals surface area contributed by atoms with Crippen molar-refractivity contribution in [1.82, 2.24) is 9.99 Å². The van der Waals surface area contributed by atoms with Crippen molar-refractivity contribution in [3.63, 3.8) is 0 Å².